The van der Waals surface area contributed by atoms with Gasteiger partial charge in [-0.1, -0.05) is 45.0 Å². The number of carbonyl (C=O) groups is 1. The van der Waals surface area contributed by atoms with Crippen LogP contribution in [-0.4, -0.2) is 21.0 Å². The normalized spacial score (nSPS) is 11.0. The molecule has 0 radical (unpaired) electrons. The standard InChI is InChI=1S/C16H20N2O2/c1-4-11-5-7-12(8-6-11)15-13(9-14(19)20)17-16(18-15)10(2)3/h5-8,10H,4,9H2,1-3H3,(H,17,18)(H,19,20). The Bertz CT molecular complexity index is 597. The Labute approximate surface area is 118 Å². The van der Waals surface area contributed by atoms with Crippen molar-refractivity contribution in [3.63, 3.8) is 0 Å². The molecule has 1 aromatic heterocycles. The molecule has 0 fully saturated rings. The van der Waals surface area contributed by atoms with E-state index in [2.05, 4.69) is 29.0 Å². The van der Waals surface area contributed by atoms with Crippen LogP contribution in [0.4, 0.5) is 0 Å². The van der Waals surface area contributed by atoms with Gasteiger partial charge in [0.25, 0.3) is 0 Å². The van der Waals surface area contributed by atoms with Gasteiger partial charge in [0.1, 0.15) is 5.82 Å². The quantitative estimate of drug-likeness (QED) is 0.876. The van der Waals surface area contributed by atoms with Gasteiger partial charge in [0.2, 0.25) is 0 Å². The van der Waals surface area contributed by atoms with E-state index in [-0.39, 0.29) is 12.3 Å². The average molecular weight is 272 g/mol. The number of carboxylic acid groups (broad SMARTS) is 1. The number of hydrogen-bond donors (Lipinski definition) is 2. The fourth-order valence-corrected chi connectivity index (χ4v) is 2.12. The van der Waals surface area contributed by atoms with E-state index >= 15 is 0 Å². The third kappa shape index (κ3) is 3.07. The van der Waals surface area contributed by atoms with Crippen molar-refractivity contribution < 1.29 is 9.90 Å². The molecule has 1 heterocycles. The van der Waals surface area contributed by atoms with E-state index in [4.69, 9.17) is 5.11 Å². The maximum atomic E-state index is 11.0. The molecule has 1 aromatic carbocycles. The summed E-state index contributed by atoms with van der Waals surface area (Å²) in [5.41, 5.74) is 3.64. The van der Waals surface area contributed by atoms with Gasteiger partial charge in [-0.15, -0.1) is 0 Å². The molecule has 0 unspecified atom stereocenters. The van der Waals surface area contributed by atoms with Crippen LogP contribution in [0.5, 0.6) is 0 Å². The number of imidazole rings is 1. The number of aromatic amines is 1. The highest BCUT2D eigenvalue weighted by atomic mass is 16.4. The third-order valence-electron chi connectivity index (χ3n) is 3.31. The molecule has 106 valence electrons. The Morgan fingerprint density at radius 2 is 1.95 bits per heavy atom. The van der Waals surface area contributed by atoms with E-state index < -0.39 is 5.97 Å². The van der Waals surface area contributed by atoms with Crippen LogP contribution < -0.4 is 0 Å². The lowest BCUT2D eigenvalue weighted by atomic mass is 10.1. The SMILES string of the molecule is CCc1ccc(-c2nc(C(C)C)[nH]c2CC(=O)O)cc1. The molecule has 4 heteroatoms. The summed E-state index contributed by atoms with van der Waals surface area (Å²) in [6.45, 7) is 6.18. The van der Waals surface area contributed by atoms with E-state index in [1.807, 2.05) is 26.0 Å². The molecule has 2 aromatic rings. The van der Waals surface area contributed by atoms with E-state index in [0.29, 0.717) is 5.69 Å². The number of hydrogen-bond acceptors (Lipinski definition) is 2. The molecule has 0 saturated heterocycles. The highest BCUT2D eigenvalue weighted by Gasteiger charge is 2.16. The Kier molecular flexibility index (Phi) is 4.23. The van der Waals surface area contributed by atoms with Crippen molar-refractivity contribution in [1.29, 1.82) is 0 Å². The monoisotopic (exact) mass is 272 g/mol. The van der Waals surface area contributed by atoms with Crippen molar-refractivity contribution in [1.82, 2.24) is 9.97 Å². The number of aryl methyl sites for hydroxylation is 1. The first kappa shape index (κ1) is 14.3. The molecule has 0 atom stereocenters. The van der Waals surface area contributed by atoms with Crippen molar-refractivity contribution in [2.45, 2.75) is 39.5 Å². The molecule has 0 saturated carbocycles. The van der Waals surface area contributed by atoms with Crippen LogP contribution in [0, 0.1) is 0 Å². The highest BCUT2D eigenvalue weighted by Crippen LogP contribution is 2.25. The van der Waals surface area contributed by atoms with E-state index in [1.54, 1.807) is 0 Å². The van der Waals surface area contributed by atoms with Crippen LogP contribution in [0.25, 0.3) is 11.3 Å². The second kappa shape index (κ2) is 5.90. The summed E-state index contributed by atoms with van der Waals surface area (Å²) >= 11 is 0. The first-order chi connectivity index (χ1) is 9.51. The van der Waals surface area contributed by atoms with Gasteiger partial charge >= 0.3 is 5.97 Å². The zero-order valence-electron chi connectivity index (χ0n) is 12.1. The first-order valence-corrected chi connectivity index (χ1v) is 6.91. The van der Waals surface area contributed by atoms with Gasteiger partial charge in [-0.05, 0) is 12.0 Å². The molecule has 2 rings (SSSR count). The molecule has 20 heavy (non-hydrogen) atoms. The number of rotatable bonds is 5. The van der Waals surface area contributed by atoms with Crippen LogP contribution in [0.3, 0.4) is 0 Å². The highest BCUT2D eigenvalue weighted by molar-refractivity contribution is 5.74. The second-order valence-electron chi connectivity index (χ2n) is 5.22. The second-order valence-corrected chi connectivity index (χ2v) is 5.22. The Balaban J connectivity index is 2.43. The number of H-pyrrole nitrogens is 1. The number of nitrogens with zero attached hydrogens (tertiary/aromatic N) is 1. The minimum absolute atomic E-state index is 0.0371. The zero-order chi connectivity index (χ0) is 14.7. The Morgan fingerprint density at radius 3 is 2.45 bits per heavy atom. The maximum absolute atomic E-state index is 11.0. The molecule has 0 amide bonds. The van der Waals surface area contributed by atoms with Crippen molar-refractivity contribution in [3.8, 4) is 11.3 Å². The number of aliphatic carboxylic acids is 1. The molecule has 2 N–H and O–H groups in total. The smallest absolute Gasteiger partial charge is 0.309 e. The minimum atomic E-state index is -0.851. The molecular formula is C16H20N2O2. The summed E-state index contributed by atoms with van der Waals surface area (Å²) in [4.78, 5) is 18.7. The lowest BCUT2D eigenvalue weighted by Crippen LogP contribution is -2.02. The first-order valence-electron chi connectivity index (χ1n) is 6.91. The summed E-state index contributed by atoms with van der Waals surface area (Å²) in [5, 5.41) is 9.02. The van der Waals surface area contributed by atoms with Gasteiger partial charge in [-0.3, -0.25) is 4.79 Å². The van der Waals surface area contributed by atoms with E-state index in [9.17, 15) is 4.79 Å². The summed E-state index contributed by atoms with van der Waals surface area (Å²) in [5.74, 6) is 0.220. The van der Waals surface area contributed by atoms with Crippen molar-refractivity contribution >= 4 is 5.97 Å². The van der Waals surface area contributed by atoms with E-state index in [0.717, 1.165) is 23.5 Å². The summed E-state index contributed by atoms with van der Waals surface area (Å²) in [7, 11) is 0. The van der Waals surface area contributed by atoms with Crippen molar-refractivity contribution in [3.05, 3.63) is 41.3 Å². The summed E-state index contributed by atoms with van der Waals surface area (Å²) in [6.07, 6.45) is 0.949. The van der Waals surface area contributed by atoms with Gasteiger partial charge in [0.15, 0.2) is 0 Å². The largest absolute Gasteiger partial charge is 0.481 e. The molecule has 0 aliphatic rings. The minimum Gasteiger partial charge on any atom is -0.481 e. The van der Waals surface area contributed by atoms with Crippen LogP contribution in [0.15, 0.2) is 24.3 Å². The predicted molar refractivity (Wildman–Crippen MR) is 78.8 cm³/mol. The number of benzene rings is 1. The zero-order valence-corrected chi connectivity index (χ0v) is 12.1. The third-order valence-corrected chi connectivity index (χ3v) is 3.31. The predicted octanol–water partition coefficient (Wildman–Crippen LogP) is 3.39. The average Bonchev–Trinajstić information content (AvgIpc) is 2.82. The molecular weight excluding hydrogens is 252 g/mol. The maximum Gasteiger partial charge on any atom is 0.309 e. The summed E-state index contributed by atoms with van der Waals surface area (Å²) < 4.78 is 0. The van der Waals surface area contributed by atoms with Gasteiger partial charge in [0.05, 0.1) is 17.8 Å². The van der Waals surface area contributed by atoms with E-state index in [1.165, 1.54) is 5.56 Å². The van der Waals surface area contributed by atoms with Gasteiger partial charge in [-0.25, -0.2) is 4.98 Å². The molecule has 4 nitrogen and oxygen atoms in total. The Morgan fingerprint density at radius 1 is 1.30 bits per heavy atom. The summed E-state index contributed by atoms with van der Waals surface area (Å²) in [6, 6.07) is 8.13. The molecule has 0 spiro atoms. The molecule has 0 bridgehead atoms. The van der Waals surface area contributed by atoms with Crippen LogP contribution in [0.2, 0.25) is 0 Å². The molecule has 0 aliphatic carbocycles. The lowest BCUT2D eigenvalue weighted by Gasteiger charge is -2.02. The number of nitrogens with one attached hydrogen (secondary N) is 1. The molecule has 0 aliphatic heterocycles. The van der Waals surface area contributed by atoms with Crippen molar-refractivity contribution in [2.75, 3.05) is 0 Å². The van der Waals surface area contributed by atoms with Gasteiger partial charge in [0, 0.05) is 11.5 Å². The van der Waals surface area contributed by atoms with Crippen molar-refractivity contribution in [2.24, 2.45) is 0 Å². The van der Waals surface area contributed by atoms with Crippen LogP contribution >= 0.6 is 0 Å². The number of aromatic nitrogens is 2. The fourth-order valence-electron chi connectivity index (χ4n) is 2.12. The lowest BCUT2D eigenvalue weighted by molar-refractivity contribution is -0.136. The number of carboxylic acids is 1. The van der Waals surface area contributed by atoms with Crippen LogP contribution in [-0.2, 0) is 17.6 Å². The van der Waals surface area contributed by atoms with Crippen LogP contribution in [0.1, 0.15) is 43.8 Å². The topological polar surface area (TPSA) is 66.0 Å². The van der Waals surface area contributed by atoms with Gasteiger partial charge in [-0.2, -0.15) is 0 Å². The van der Waals surface area contributed by atoms with Gasteiger partial charge < -0.3 is 10.1 Å². The Hall–Kier alpha value is -2.10. The fraction of sp³-hybridized carbons (Fsp3) is 0.375.